The van der Waals surface area contributed by atoms with Crippen LogP contribution in [0.3, 0.4) is 0 Å². The van der Waals surface area contributed by atoms with E-state index in [0.29, 0.717) is 12.2 Å². The van der Waals surface area contributed by atoms with Crippen molar-refractivity contribution in [3.05, 3.63) is 23.8 Å². The van der Waals surface area contributed by atoms with Crippen molar-refractivity contribution in [1.82, 2.24) is 5.32 Å². The molecule has 0 bridgehead atoms. The number of hydrogen-bond donors (Lipinski definition) is 4. The summed E-state index contributed by atoms with van der Waals surface area (Å²) in [6.07, 6.45) is -0.582. The lowest BCUT2D eigenvalue weighted by atomic mass is 10.1. The number of nitrogens with one attached hydrogen (secondary N) is 2. The molecule has 0 aromatic heterocycles. The Balaban J connectivity index is 2.72. The van der Waals surface area contributed by atoms with Gasteiger partial charge in [0.15, 0.2) is 0 Å². The van der Waals surface area contributed by atoms with Gasteiger partial charge in [-0.2, -0.15) is 0 Å². The summed E-state index contributed by atoms with van der Waals surface area (Å²) < 4.78 is 0. The highest BCUT2D eigenvalue weighted by Crippen LogP contribution is 2.26. The number of aliphatic hydroxyl groups excluding tert-OH is 1. The van der Waals surface area contributed by atoms with Crippen molar-refractivity contribution in [2.24, 2.45) is 0 Å². The molecule has 0 fully saturated rings. The van der Waals surface area contributed by atoms with Gasteiger partial charge in [0.05, 0.1) is 11.8 Å². The predicted octanol–water partition coefficient (Wildman–Crippen LogP) is 1.86. The number of hydrogen-bond acceptors (Lipinski definition) is 4. The van der Waals surface area contributed by atoms with Crippen LogP contribution < -0.4 is 10.6 Å². The maximum absolute atomic E-state index is 10.0. The highest BCUT2D eigenvalue weighted by atomic mass is 16.3. The highest BCUT2D eigenvalue weighted by Gasteiger charge is 2.14. The third-order valence-electron chi connectivity index (χ3n) is 2.50. The van der Waals surface area contributed by atoms with Gasteiger partial charge in [0.1, 0.15) is 5.75 Å². The van der Waals surface area contributed by atoms with E-state index in [0.717, 1.165) is 5.56 Å². The topological polar surface area (TPSA) is 64.5 Å². The fraction of sp³-hybridized carbons (Fsp3) is 0.538. The average molecular weight is 238 g/mol. The molecule has 4 nitrogen and oxygen atoms in total. The molecule has 0 aliphatic rings. The first-order valence-electron chi connectivity index (χ1n) is 5.77. The minimum absolute atomic E-state index is 0.0241. The molecule has 0 unspecified atom stereocenters. The van der Waals surface area contributed by atoms with Crippen LogP contribution in [0, 0.1) is 0 Å². The Labute approximate surface area is 103 Å². The summed E-state index contributed by atoms with van der Waals surface area (Å²) in [5, 5.41) is 25.7. The van der Waals surface area contributed by atoms with E-state index in [-0.39, 0.29) is 11.3 Å². The molecule has 4 N–H and O–H groups in total. The van der Waals surface area contributed by atoms with E-state index in [1.807, 2.05) is 0 Å². The summed E-state index contributed by atoms with van der Waals surface area (Å²) in [5.74, 6) is 0.187. The first kappa shape index (κ1) is 13.8. The molecule has 0 aliphatic heterocycles. The number of aliphatic hydroxyl groups is 1. The summed E-state index contributed by atoms with van der Waals surface area (Å²) in [4.78, 5) is 0. The molecule has 0 radical (unpaired) electrons. The van der Waals surface area contributed by atoms with Gasteiger partial charge in [-0.3, -0.25) is 0 Å². The maximum Gasteiger partial charge on any atom is 0.138 e. The molecule has 1 rings (SSSR count). The number of β-amino-alcohol motifs (C(OH)–C–C–N with tert-alkyl or cyclic N) is 1. The van der Waals surface area contributed by atoms with E-state index in [9.17, 15) is 10.2 Å². The predicted molar refractivity (Wildman–Crippen MR) is 70.4 cm³/mol. The van der Waals surface area contributed by atoms with Crippen LogP contribution in [0.4, 0.5) is 5.69 Å². The number of anilines is 1. The van der Waals surface area contributed by atoms with E-state index in [1.165, 1.54) is 0 Å². The molecule has 96 valence electrons. The van der Waals surface area contributed by atoms with Gasteiger partial charge in [-0.15, -0.1) is 0 Å². The molecule has 1 aromatic carbocycles. The molecule has 1 aromatic rings. The normalized spacial score (nSPS) is 13.5. The molecule has 4 heteroatoms. The summed E-state index contributed by atoms with van der Waals surface area (Å²) in [7, 11) is 1.73. The van der Waals surface area contributed by atoms with Gasteiger partial charge in [-0.05, 0) is 38.5 Å². The van der Waals surface area contributed by atoms with E-state index >= 15 is 0 Å². The van der Waals surface area contributed by atoms with E-state index < -0.39 is 6.10 Å². The second-order valence-electron chi connectivity index (χ2n) is 5.17. The zero-order valence-corrected chi connectivity index (χ0v) is 10.9. The Morgan fingerprint density at radius 3 is 2.47 bits per heavy atom. The number of benzene rings is 1. The first-order valence-corrected chi connectivity index (χ1v) is 5.77. The van der Waals surface area contributed by atoms with E-state index in [1.54, 1.807) is 25.2 Å². The van der Waals surface area contributed by atoms with Crippen LogP contribution in [-0.2, 0) is 0 Å². The minimum atomic E-state index is -0.582. The lowest BCUT2D eigenvalue weighted by Gasteiger charge is -2.23. The average Bonchev–Trinajstić information content (AvgIpc) is 2.25. The summed E-state index contributed by atoms with van der Waals surface area (Å²) in [6.45, 7) is 6.64. The quantitative estimate of drug-likeness (QED) is 0.605. The minimum Gasteiger partial charge on any atom is -0.506 e. The van der Waals surface area contributed by atoms with Crippen molar-refractivity contribution in [3.63, 3.8) is 0 Å². The Morgan fingerprint density at radius 1 is 1.29 bits per heavy atom. The molecule has 1 atom stereocenters. The molecule has 0 saturated carbocycles. The van der Waals surface area contributed by atoms with Crippen molar-refractivity contribution in [1.29, 1.82) is 0 Å². The summed E-state index contributed by atoms with van der Waals surface area (Å²) in [6, 6.07) is 5.07. The lowest BCUT2D eigenvalue weighted by Crippen LogP contribution is -2.38. The maximum atomic E-state index is 10.0. The molecular formula is C13H22N2O2. The summed E-state index contributed by atoms with van der Waals surface area (Å²) >= 11 is 0. The van der Waals surface area contributed by atoms with Crippen molar-refractivity contribution in [2.45, 2.75) is 32.4 Å². The Hall–Kier alpha value is -1.26. The number of phenols is 1. The molecule has 0 spiro atoms. The second kappa shape index (κ2) is 5.38. The highest BCUT2D eigenvalue weighted by molar-refractivity contribution is 5.57. The Morgan fingerprint density at radius 2 is 1.94 bits per heavy atom. The van der Waals surface area contributed by atoms with Crippen molar-refractivity contribution >= 4 is 5.69 Å². The number of phenolic OH excluding ortho intramolecular Hbond substituents is 1. The van der Waals surface area contributed by atoms with Crippen LogP contribution in [-0.4, -0.2) is 29.3 Å². The zero-order valence-electron chi connectivity index (χ0n) is 10.9. The van der Waals surface area contributed by atoms with Crippen molar-refractivity contribution < 1.29 is 10.2 Å². The Kier molecular flexibility index (Phi) is 4.37. The van der Waals surface area contributed by atoms with Crippen molar-refractivity contribution in [3.8, 4) is 5.75 Å². The summed E-state index contributed by atoms with van der Waals surface area (Å²) in [5.41, 5.74) is 1.38. The molecule has 0 heterocycles. The fourth-order valence-corrected chi connectivity index (χ4v) is 1.48. The van der Waals surface area contributed by atoms with Crippen LogP contribution in [0.5, 0.6) is 5.75 Å². The molecule has 0 saturated heterocycles. The zero-order chi connectivity index (χ0) is 13.1. The van der Waals surface area contributed by atoms with E-state index in [4.69, 9.17) is 0 Å². The second-order valence-corrected chi connectivity index (χ2v) is 5.17. The SMILES string of the molecule is CNc1cc([C@H](O)CNC(C)(C)C)ccc1O. The van der Waals surface area contributed by atoms with Gasteiger partial charge in [0, 0.05) is 19.1 Å². The van der Waals surface area contributed by atoms with Crippen LogP contribution >= 0.6 is 0 Å². The van der Waals surface area contributed by atoms with Crippen LogP contribution in [0.15, 0.2) is 18.2 Å². The first-order chi connectivity index (χ1) is 7.83. The van der Waals surface area contributed by atoms with Gasteiger partial charge < -0.3 is 20.8 Å². The third kappa shape index (κ3) is 4.24. The molecule has 0 amide bonds. The third-order valence-corrected chi connectivity index (χ3v) is 2.50. The standard InChI is InChI=1S/C13H22N2O2/c1-13(2,3)15-8-12(17)9-5-6-11(16)10(7-9)14-4/h5-7,12,14-17H,8H2,1-4H3/t12-/m1/s1. The van der Waals surface area contributed by atoms with Gasteiger partial charge in [0.2, 0.25) is 0 Å². The molecule has 17 heavy (non-hydrogen) atoms. The lowest BCUT2D eigenvalue weighted by molar-refractivity contribution is 0.163. The smallest absolute Gasteiger partial charge is 0.138 e. The largest absolute Gasteiger partial charge is 0.506 e. The van der Waals surface area contributed by atoms with Crippen LogP contribution in [0.2, 0.25) is 0 Å². The monoisotopic (exact) mass is 238 g/mol. The Bertz CT molecular complexity index is 372. The number of aromatic hydroxyl groups is 1. The van der Waals surface area contributed by atoms with Crippen LogP contribution in [0.25, 0.3) is 0 Å². The molecular weight excluding hydrogens is 216 g/mol. The van der Waals surface area contributed by atoms with Gasteiger partial charge in [0.25, 0.3) is 0 Å². The van der Waals surface area contributed by atoms with Crippen molar-refractivity contribution in [2.75, 3.05) is 18.9 Å². The molecule has 0 aliphatic carbocycles. The van der Waals surface area contributed by atoms with E-state index in [2.05, 4.69) is 31.4 Å². The fourth-order valence-electron chi connectivity index (χ4n) is 1.48. The van der Waals surface area contributed by atoms with Gasteiger partial charge >= 0.3 is 0 Å². The number of rotatable bonds is 4. The van der Waals surface area contributed by atoms with Gasteiger partial charge in [-0.1, -0.05) is 6.07 Å². The van der Waals surface area contributed by atoms with Gasteiger partial charge in [-0.25, -0.2) is 0 Å². The van der Waals surface area contributed by atoms with Crippen LogP contribution in [0.1, 0.15) is 32.4 Å².